The van der Waals surface area contributed by atoms with Crippen LogP contribution in [-0.2, 0) is 11.8 Å². The summed E-state index contributed by atoms with van der Waals surface area (Å²) in [7, 11) is 1.91. The summed E-state index contributed by atoms with van der Waals surface area (Å²) in [5.74, 6) is 1.03. The fourth-order valence-corrected chi connectivity index (χ4v) is 2.93. The Balaban J connectivity index is 1.96. The van der Waals surface area contributed by atoms with Gasteiger partial charge in [-0.25, -0.2) is 0 Å². The minimum absolute atomic E-state index is 0.0303. The Morgan fingerprint density at radius 1 is 1.38 bits per heavy atom. The molecule has 0 fully saturated rings. The number of thioether (sulfide) groups is 1. The second-order valence-corrected chi connectivity index (χ2v) is 5.92. The van der Waals surface area contributed by atoms with E-state index in [1.807, 2.05) is 55.1 Å². The number of carbonyl (C=O) groups excluding carboxylic acids is 1. The lowest BCUT2D eigenvalue weighted by Gasteiger charge is -2.17. The maximum Gasteiger partial charge on any atom is 0.237 e. The molecule has 0 spiro atoms. The molecule has 0 radical (unpaired) electrons. The smallest absolute Gasteiger partial charge is 0.237 e. The molecule has 1 aromatic heterocycles. The third kappa shape index (κ3) is 3.85. The Morgan fingerprint density at radius 3 is 2.67 bits per heavy atom. The highest BCUT2D eigenvalue weighted by Gasteiger charge is 2.20. The van der Waals surface area contributed by atoms with Crippen LogP contribution in [0.5, 0.6) is 0 Å². The van der Waals surface area contributed by atoms with E-state index in [0.717, 1.165) is 11.4 Å². The Hall–Kier alpha value is -1.82. The average molecular weight is 304 g/mol. The number of amides is 1. The van der Waals surface area contributed by atoms with E-state index < -0.39 is 0 Å². The lowest BCUT2D eigenvalue weighted by atomic mass is 10.1. The lowest BCUT2D eigenvalue weighted by molar-refractivity contribution is -0.120. The molecule has 0 aliphatic carbocycles. The molecule has 1 N–H and O–H groups in total. The maximum atomic E-state index is 12.4. The van der Waals surface area contributed by atoms with Crippen molar-refractivity contribution in [2.75, 3.05) is 12.8 Å². The molecule has 0 bridgehead atoms. The van der Waals surface area contributed by atoms with Crippen LogP contribution >= 0.6 is 11.8 Å². The number of aromatic nitrogens is 3. The largest absolute Gasteiger partial charge is 0.354 e. The summed E-state index contributed by atoms with van der Waals surface area (Å²) in [6, 6.07) is 9.82. The van der Waals surface area contributed by atoms with E-state index >= 15 is 0 Å². The highest BCUT2D eigenvalue weighted by Crippen LogP contribution is 2.26. The number of rotatable bonds is 6. The second kappa shape index (κ2) is 7.26. The van der Waals surface area contributed by atoms with Crippen molar-refractivity contribution in [1.82, 2.24) is 20.1 Å². The molecular weight excluding hydrogens is 284 g/mol. The number of nitrogens with one attached hydrogen (secondary N) is 1. The monoisotopic (exact) mass is 304 g/mol. The van der Waals surface area contributed by atoms with Crippen molar-refractivity contribution in [3.8, 4) is 0 Å². The summed E-state index contributed by atoms with van der Waals surface area (Å²) in [5.41, 5.74) is 1.02. The molecule has 1 aromatic carbocycles. The van der Waals surface area contributed by atoms with Crippen molar-refractivity contribution >= 4 is 17.7 Å². The Kier molecular flexibility index (Phi) is 5.38. The molecule has 0 saturated carbocycles. The van der Waals surface area contributed by atoms with Gasteiger partial charge in [0.05, 0.1) is 0 Å². The van der Waals surface area contributed by atoms with E-state index in [0.29, 0.717) is 6.54 Å². The summed E-state index contributed by atoms with van der Waals surface area (Å²) >= 11 is 1.54. The van der Waals surface area contributed by atoms with Crippen LogP contribution < -0.4 is 5.32 Å². The zero-order chi connectivity index (χ0) is 15.2. The van der Waals surface area contributed by atoms with Crippen LogP contribution in [0.2, 0.25) is 0 Å². The number of aryl methyl sites for hydroxylation is 1. The molecule has 1 heterocycles. The summed E-state index contributed by atoms with van der Waals surface area (Å²) in [6.07, 6.45) is 3.62. The Labute approximate surface area is 129 Å². The first-order chi connectivity index (χ1) is 10.1. The lowest BCUT2D eigenvalue weighted by Crippen LogP contribution is -2.31. The summed E-state index contributed by atoms with van der Waals surface area (Å²) < 4.78 is 1.88. The summed E-state index contributed by atoms with van der Waals surface area (Å²) in [6.45, 7) is 2.58. The van der Waals surface area contributed by atoms with Gasteiger partial charge in [0, 0.05) is 19.5 Å². The fourth-order valence-electron chi connectivity index (χ4n) is 2.20. The molecule has 0 aliphatic rings. The van der Waals surface area contributed by atoms with Crippen LogP contribution in [-0.4, -0.2) is 33.5 Å². The van der Waals surface area contributed by atoms with Gasteiger partial charge in [-0.05, 0) is 11.8 Å². The molecule has 1 amide bonds. The van der Waals surface area contributed by atoms with E-state index in [2.05, 4.69) is 15.5 Å². The third-order valence-electron chi connectivity index (χ3n) is 3.35. The number of nitrogens with zero attached hydrogens (tertiary/aromatic N) is 3. The first kappa shape index (κ1) is 15.6. The normalized spacial score (nSPS) is 13.7. The van der Waals surface area contributed by atoms with Crippen LogP contribution in [0.4, 0.5) is 0 Å². The van der Waals surface area contributed by atoms with Gasteiger partial charge in [-0.1, -0.05) is 37.3 Å². The molecule has 0 saturated heterocycles. The van der Waals surface area contributed by atoms with Gasteiger partial charge < -0.3 is 9.88 Å². The van der Waals surface area contributed by atoms with E-state index in [1.165, 1.54) is 11.8 Å². The molecule has 6 heteroatoms. The van der Waals surface area contributed by atoms with Crippen molar-refractivity contribution < 1.29 is 4.79 Å². The third-order valence-corrected chi connectivity index (χ3v) is 4.30. The van der Waals surface area contributed by atoms with Crippen molar-refractivity contribution in [3.05, 3.63) is 48.0 Å². The van der Waals surface area contributed by atoms with Gasteiger partial charge in [-0.2, -0.15) is 0 Å². The first-order valence-corrected chi connectivity index (χ1v) is 8.11. The number of hydrogen-bond donors (Lipinski definition) is 1. The molecule has 2 atom stereocenters. The molecule has 112 valence electrons. The zero-order valence-corrected chi connectivity index (χ0v) is 13.3. The zero-order valence-electron chi connectivity index (χ0n) is 12.5. The highest BCUT2D eigenvalue weighted by molar-refractivity contribution is 7.99. The fraction of sp³-hybridized carbons (Fsp3) is 0.400. The molecule has 0 unspecified atom stereocenters. The van der Waals surface area contributed by atoms with Gasteiger partial charge >= 0.3 is 0 Å². The molecule has 2 rings (SSSR count). The van der Waals surface area contributed by atoms with Crippen LogP contribution in [0.25, 0.3) is 0 Å². The van der Waals surface area contributed by atoms with Crippen LogP contribution in [0.3, 0.4) is 0 Å². The topological polar surface area (TPSA) is 59.8 Å². The first-order valence-electron chi connectivity index (χ1n) is 6.82. The Morgan fingerprint density at radius 2 is 2.10 bits per heavy atom. The van der Waals surface area contributed by atoms with Gasteiger partial charge in [0.25, 0.3) is 0 Å². The SMILES string of the molecule is CS[C@@H](C(=O)NC[C@H](C)c1nncn1C)c1ccccc1. The van der Waals surface area contributed by atoms with E-state index in [1.54, 1.807) is 6.33 Å². The Bertz CT molecular complexity index is 584. The van der Waals surface area contributed by atoms with Crippen LogP contribution in [0, 0.1) is 0 Å². The van der Waals surface area contributed by atoms with Gasteiger partial charge in [0.1, 0.15) is 17.4 Å². The molecule has 5 nitrogen and oxygen atoms in total. The van der Waals surface area contributed by atoms with E-state index in [-0.39, 0.29) is 17.1 Å². The van der Waals surface area contributed by atoms with Crippen molar-refractivity contribution in [2.45, 2.75) is 18.1 Å². The number of carbonyl (C=O) groups is 1. The highest BCUT2D eigenvalue weighted by atomic mass is 32.2. The molecular formula is C15H20N4OS. The van der Waals surface area contributed by atoms with Crippen molar-refractivity contribution in [3.63, 3.8) is 0 Å². The summed E-state index contributed by atoms with van der Waals surface area (Å²) in [5, 5.41) is 10.8. The predicted octanol–water partition coefficient (Wildman–Crippen LogP) is 2.14. The quantitative estimate of drug-likeness (QED) is 0.888. The predicted molar refractivity (Wildman–Crippen MR) is 85.1 cm³/mol. The van der Waals surface area contributed by atoms with E-state index in [4.69, 9.17) is 0 Å². The number of benzene rings is 1. The minimum Gasteiger partial charge on any atom is -0.354 e. The molecule has 21 heavy (non-hydrogen) atoms. The van der Waals surface area contributed by atoms with Gasteiger partial charge in [0.2, 0.25) is 5.91 Å². The second-order valence-electron chi connectivity index (χ2n) is 4.97. The van der Waals surface area contributed by atoms with Crippen LogP contribution in [0.15, 0.2) is 36.7 Å². The van der Waals surface area contributed by atoms with Crippen molar-refractivity contribution in [1.29, 1.82) is 0 Å². The van der Waals surface area contributed by atoms with Gasteiger partial charge in [-0.15, -0.1) is 22.0 Å². The molecule has 0 aliphatic heterocycles. The van der Waals surface area contributed by atoms with Crippen LogP contribution in [0.1, 0.15) is 29.5 Å². The van der Waals surface area contributed by atoms with Gasteiger partial charge in [0.15, 0.2) is 0 Å². The number of hydrogen-bond acceptors (Lipinski definition) is 4. The molecule has 2 aromatic rings. The average Bonchev–Trinajstić information content (AvgIpc) is 2.93. The van der Waals surface area contributed by atoms with Gasteiger partial charge in [-0.3, -0.25) is 4.79 Å². The standard InChI is InChI=1S/C15H20N4OS/c1-11(14-18-17-10-19(14)2)9-16-15(20)13(21-3)12-7-5-4-6-8-12/h4-8,10-11,13H,9H2,1-3H3,(H,16,20)/t11-,13+/m0/s1. The van der Waals surface area contributed by atoms with E-state index in [9.17, 15) is 4.79 Å². The summed E-state index contributed by atoms with van der Waals surface area (Å²) in [4.78, 5) is 12.4. The maximum absolute atomic E-state index is 12.4. The minimum atomic E-state index is -0.183. The van der Waals surface area contributed by atoms with Crippen molar-refractivity contribution in [2.24, 2.45) is 7.05 Å².